The van der Waals surface area contributed by atoms with E-state index >= 15 is 0 Å². The van der Waals surface area contributed by atoms with Crippen LogP contribution in [-0.2, 0) is 15.6 Å². The summed E-state index contributed by atoms with van der Waals surface area (Å²) < 4.78 is 0. The summed E-state index contributed by atoms with van der Waals surface area (Å²) >= 11 is 0.875. The zero-order chi connectivity index (χ0) is 23.8. The van der Waals surface area contributed by atoms with E-state index in [9.17, 15) is 14.4 Å². The van der Waals surface area contributed by atoms with Gasteiger partial charge in [-0.05, 0) is 69.6 Å². The van der Waals surface area contributed by atoms with Crippen molar-refractivity contribution in [1.82, 2.24) is 5.32 Å². The highest BCUT2D eigenvalue weighted by atomic mass is 32.2. The Morgan fingerprint density at radius 2 is 1.53 bits per heavy atom. The van der Waals surface area contributed by atoms with Gasteiger partial charge in [-0.2, -0.15) is 0 Å². The predicted molar refractivity (Wildman–Crippen MR) is 132 cm³/mol. The van der Waals surface area contributed by atoms with Gasteiger partial charge in [0.1, 0.15) is 0 Å². The van der Waals surface area contributed by atoms with Crippen LogP contribution in [0.3, 0.4) is 0 Å². The van der Waals surface area contributed by atoms with Crippen molar-refractivity contribution in [2.75, 3.05) is 11.9 Å². The molecule has 1 N–H and O–H groups in total. The average molecular weight is 451 g/mol. The molecule has 0 radical (unpaired) electrons. The molecule has 1 aliphatic rings. The van der Waals surface area contributed by atoms with Crippen LogP contribution in [0.4, 0.5) is 10.5 Å². The van der Waals surface area contributed by atoms with Gasteiger partial charge in [-0.1, -0.05) is 59.7 Å². The summed E-state index contributed by atoms with van der Waals surface area (Å²) in [6, 6.07) is 13.5. The van der Waals surface area contributed by atoms with Crippen LogP contribution in [0.15, 0.2) is 47.4 Å². The number of hydrogen-bond acceptors (Lipinski definition) is 4. The Bertz CT molecular complexity index is 1090. The first kappa shape index (κ1) is 23.8. The van der Waals surface area contributed by atoms with Gasteiger partial charge in [0.15, 0.2) is 0 Å². The van der Waals surface area contributed by atoms with Crippen molar-refractivity contribution in [3.05, 3.63) is 69.6 Å². The van der Waals surface area contributed by atoms with E-state index < -0.39 is 5.91 Å². The number of amides is 3. The van der Waals surface area contributed by atoms with E-state index in [1.54, 1.807) is 18.0 Å². The monoisotopic (exact) mass is 450 g/mol. The van der Waals surface area contributed by atoms with Gasteiger partial charge in [0.25, 0.3) is 17.1 Å². The number of nitrogens with one attached hydrogen (secondary N) is 1. The van der Waals surface area contributed by atoms with Crippen LogP contribution in [0.5, 0.6) is 0 Å². The van der Waals surface area contributed by atoms with Crippen LogP contribution in [0, 0.1) is 0 Å². The standard InChI is InChI=1S/C26H30N2O3S/c1-25(2,3)18-13-17(14-19(15-18)26(4,5)6)23(30)28(7)20-10-8-9-16(11-20)12-21-22(29)27-24(31)32-21/h8-15H,1-7H3,(H,27,29,31)/b21-12+. The maximum Gasteiger partial charge on any atom is 0.290 e. The molecule has 0 bridgehead atoms. The quantitative estimate of drug-likeness (QED) is 0.593. The molecule has 6 heteroatoms. The number of carbonyl (C=O) groups is 3. The van der Waals surface area contributed by atoms with Crippen molar-refractivity contribution >= 4 is 40.6 Å². The molecular weight excluding hydrogens is 420 g/mol. The van der Waals surface area contributed by atoms with Crippen LogP contribution >= 0.6 is 11.8 Å². The van der Waals surface area contributed by atoms with Gasteiger partial charge in [-0.3, -0.25) is 19.7 Å². The molecule has 1 fully saturated rings. The molecule has 1 saturated heterocycles. The van der Waals surface area contributed by atoms with Crippen molar-refractivity contribution in [2.24, 2.45) is 0 Å². The fraction of sp³-hybridized carbons (Fsp3) is 0.346. The maximum absolute atomic E-state index is 13.5. The van der Waals surface area contributed by atoms with Crippen LogP contribution in [0.25, 0.3) is 6.08 Å². The maximum atomic E-state index is 13.5. The second-order valence-electron chi connectivity index (χ2n) is 10.1. The third kappa shape index (κ3) is 5.30. The summed E-state index contributed by atoms with van der Waals surface area (Å²) in [7, 11) is 1.75. The lowest BCUT2D eigenvalue weighted by Gasteiger charge is -2.27. The zero-order valence-corrected chi connectivity index (χ0v) is 20.5. The summed E-state index contributed by atoms with van der Waals surface area (Å²) in [6.07, 6.45) is 1.66. The molecule has 32 heavy (non-hydrogen) atoms. The molecule has 0 aliphatic carbocycles. The largest absolute Gasteiger partial charge is 0.311 e. The SMILES string of the molecule is CN(C(=O)c1cc(C(C)(C)C)cc(C(C)(C)C)c1)c1cccc(/C=C2/SC(=O)NC2=O)c1. The number of anilines is 1. The molecule has 1 aliphatic heterocycles. The minimum Gasteiger partial charge on any atom is -0.311 e. The smallest absolute Gasteiger partial charge is 0.290 e. The van der Waals surface area contributed by atoms with E-state index in [0.29, 0.717) is 16.2 Å². The number of benzene rings is 2. The first-order valence-corrected chi connectivity index (χ1v) is 11.4. The van der Waals surface area contributed by atoms with E-state index in [1.165, 1.54) is 0 Å². The summed E-state index contributed by atoms with van der Waals surface area (Å²) in [6.45, 7) is 12.9. The van der Waals surface area contributed by atoms with Gasteiger partial charge >= 0.3 is 0 Å². The summed E-state index contributed by atoms with van der Waals surface area (Å²) in [5, 5.41) is 1.87. The molecule has 0 saturated carbocycles. The Morgan fingerprint density at radius 1 is 0.938 bits per heavy atom. The highest BCUT2D eigenvalue weighted by Gasteiger charge is 2.26. The Kier molecular flexibility index (Phi) is 6.38. The lowest BCUT2D eigenvalue weighted by Crippen LogP contribution is -2.27. The highest BCUT2D eigenvalue weighted by Crippen LogP contribution is 2.31. The third-order valence-electron chi connectivity index (χ3n) is 5.41. The molecule has 3 rings (SSSR count). The lowest BCUT2D eigenvalue weighted by molar-refractivity contribution is -0.115. The molecular formula is C26H30N2O3S. The zero-order valence-electron chi connectivity index (χ0n) is 19.7. The van der Waals surface area contributed by atoms with Crippen molar-refractivity contribution in [1.29, 1.82) is 0 Å². The first-order valence-electron chi connectivity index (χ1n) is 10.5. The van der Waals surface area contributed by atoms with Crippen LogP contribution in [0.2, 0.25) is 0 Å². The van der Waals surface area contributed by atoms with Gasteiger partial charge in [-0.15, -0.1) is 0 Å². The number of nitrogens with zero attached hydrogens (tertiary/aromatic N) is 1. The Balaban J connectivity index is 1.96. The molecule has 0 aromatic heterocycles. The average Bonchev–Trinajstić information content (AvgIpc) is 3.02. The van der Waals surface area contributed by atoms with Crippen LogP contribution in [0.1, 0.15) is 68.6 Å². The Morgan fingerprint density at radius 3 is 2.03 bits per heavy atom. The molecule has 0 atom stereocenters. The van der Waals surface area contributed by atoms with E-state index in [4.69, 9.17) is 0 Å². The number of thioether (sulfide) groups is 1. The minimum atomic E-state index is -0.400. The second kappa shape index (κ2) is 8.58. The number of imide groups is 1. The Hall–Kier alpha value is -2.86. The van der Waals surface area contributed by atoms with E-state index in [2.05, 4.69) is 52.9 Å². The van der Waals surface area contributed by atoms with E-state index in [0.717, 1.165) is 28.5 Å². The van der Waals surface area contributed by atoms with Crippen LogP contribution in [-0.4, -0.2) is 24.1 Å². The fourth-order valence-corrected chi connectivity index (χ4v) is 4.01. The Labute approximate surface area is 194 Å². The predicted octanol–water partition coefficient (Wildman–Crippen LogP) is 5.88. The van der Waals surface area contributed by atoms with Crippen molar-refractivity contribution < 1.29 is 14.4 Å². The first-order chi connectivity index (χ1) is 14.8. The van der Waals surface area contributed by atoms with Crippen LogP contribution < -0.4 is 10.2 Å². The summed E-state index contributed by atoms with van der Waals surface area (Å²) in [4.78, 5) is 38.7. The second-order valence-corrected chi connectivity index (χ2v) is 11.1. The molecule has 168 valence electrons. The van der Waals surface area contributed by atoms with Crippen molar-refractivity contribution in [3.63, 3.8) is 0 Å². The van der Waals surface area contributed by atoms with Crippen molar-refractivity contribution in [2.45, 2.75) is 52.4 Å². The number of hydrogen-bond donors (Lipinski definition) is 1. The topological polar surface area (TPSA) is 66.5 Å². The van der Waals surface area contributed by atoms with Gasteiger partial charge in [0.2, 0.25) is 0 Å². The van der Waals surface area contributed by atoms with Gasteiger partial charge in [0, 0.05) is 18.3 Å². The third-order valence-corrected chi connectivity index (χ3v) is 6.22. The molecule has 2 aromatic rings. The van der Waals surface area contributed by atoms with E-state index in [-0.39, 0.29) is 22.0 Å². The lowest BCUT2D eigenvalue weighted by atomic mass is 9.79. The molecule has 0 unspecified atom stereocenters. The highest BCUT2D eigenvalue weighted by molar-refractivity contribution is 8.18. The molecule has 0 spiro atoms. The summed E-state index contributed by atoms with van der Waals surface area (Å²) in [5.41, 5.74) is 4.16. The molecule has 2 aromatic carbocycles. The molecule has 1 heterocycles. The number of carbonyl (C=O) groups excluding carboxylic acids is 3. The number of rotatable bonds is 3. The van der Waals surface area contributed by atoms with Gasteiger partial charge in [0.05, 0.1) is 4.91 Å². The van der Waals surface area contributed by atoms with E-state index in [1.807, 2.05) is 36.4 Å². The van der Waals surface area contributed by atoms with Crippen molar-refractivity contribution in [3.8, 4) is 0 Å². The van der Waals surface area contributed by atoms with Gasteiger partial charge < -0.3 is 4.90 Å². The van der Waals surface area contributed by atoms with Gasteiger partial charge in [-0.25, -0.2) is 0 Å². The molecule has 3 amide bonds. The normalized spacial score (nSPS) is 15.8. The summed E-state index contributed by atoms with van der Waals surface area (Å²) in [5.74, 6) is -0.502. The fourth-order valence-electron chi connectivity index (χ4n) is 3.32. The molecule has 5 nitrogen and oxygen atoms in total. The minimum absolute atomic E-state index is 0.0854.